The zero-order valence-electron chi connectivity index (χ0n) is 7.53. The highest BCUT2D eigenvalue weighted by molar-refractivity contribution is 5.67. The van der Waals surface area contributed by atoms with Gasteiger partial charge in [-0.3, -0.25) is 4.79 Å². The fraction of sp³-hybridized carbons (Fsp3) is 0.300. The van der Waals surface area contributed by atoms with Gasteiger partial charge >= 0.3 is 5.97 Å². The SMILES string of the molecule is Cc1cccc(C(N)CC(=O)O)c1. The van der Waals surface area contributed by atoms with Crippen LogP contribution in [0.2, 0.25) is 0 Å². The third-order valence-electron chi connectivity index (χ3n) is 1.86. The van der Waals surface area contributed by atoms with Gasteiger partial charge in [0.05, 0.1) is 6.42 Å². The number of nitrogens with two attached hydrogens (primary N) is 1. The van der Waals surface area contributed by atoms with Crippen molar-refractivity contribution in [3.05, 3.63) is 35.4 Å². The van der Waals surface area contributed by atoms with Gasteiger partial charge in [-0.05, 0) is 12.5 Å². The molecule has 13 heavy (non-hydrogen) atoms. The quantitative estimate of drug-likeness (QED) is 0.738. The van der Waals surface area contributed by atoms with Crippen molar-refractivity contribution in [2.24, 2.45) is 5.73 Å². The predicted octanol–water partition coefficient (Wildman–Crippen LogP) is 1.47. The van der Waals surface area contributed by atoms with Gasteiger partial charge in [0.25, 0.3) is 0 Å². The number of carboxylic acid groups (broad SMARTS) is 1. The van der Waals surface area contributed by atoms with Crippen LogP contribution in [0.3, 0.4) is 0 Å². The molecule has 70 valence electrons. The Morgan fingerprint density at radius 3 is 2.85 bits per heavy atom. The number of rotatable bonds is 3. The van der Waals surface area contributed by atoms with Crippen LogP contribution >= 0.6 is 0 Å². The van der Waals surface area contributed by atoms with E-state index in [0.29, 0.717) is 0 Å². The molecule has 0 spiro atoms. The normalized spacial score (nSPS) is 12.5. The number of aryl methyl sites for hydroxylation is 1. The second-order valence-electron chi connectivity index (χ2n) is 3.12. The summed E-state index contributed by atoms with van der Waals surface area (Å²) < 4.78 is 0. The molecule has 0 radical (unpaired) electrons. The summed E-state index contributed by atoms with van der Waals surface area (Å²) in [6.07, 6.45) is -0.0244. The first-order chi connectivity index (χ1) is 6.09. The fourth-order valence-electron chi connectivity index (χ4n) is 1.21. The van der Waals surface area contributed by atoms with Gasteiger partial charge in [0.15, 0.2) is 0 Å². The van der Waals surface area contributed by atoms with E-state index < -0.39 is 12.0 Å². The van der Waals surface area contributed by atoms with Crippen LogP contribution in [0.1, 0.15) is 23.6 Å². The smallest absolute Gasteiger partial charge is 0.305 e. The van der Waals surface area contributed by atoms with Crippen LogP contribution in [-0.4, -0.2) is 11.1 Å². The van der Waals surface area contributed by atoms with Crippen molar-refractivity contribution >= 4 is 5.97 Å². The van der Waals surface area contributed by atoms with E-state index in [2.05, 4.69) is 0 Å². The van der Waals surface area contributed by atoms with E-state index in [1.807, 2.05) is 31.2 Å². The zero-order chi connectivity index (χ0) is 9.84. The van der Waals surface area contributed by atoms with E-state index in [0.717, 1.165) is 11.1 Å². The predicted molar refractivity (Wildman–Crippen MR) is 50.4 cm³/mol. The molecule has 1 unspecified atom stereocenters. The Balaban J connectivity index is 2.76. The molecular formula is C10H13NO2. The Hall–Kier alpha value is -1.35. The highest BCUT2D eigenvalue weighted by Gasteiger charge is 2.09. The largest absolute Gasteiger partial charge is 0.481 e. The molecule has 0 saturated heterocycles. The first kappa shape index (κ1) is 9.74. The maximum absolute atomic E-state index is 10.4. The molecule has 0 heterocycles. The number of carboxylic acids is 1. The second kappa shape index (κ2) is 4.05. The molecule has 1 rings (SSSR count). The molecule has 0 aliphatic rings. The molecule has 1 aromatic rings. The minimum absolute atomic E-state index is 0.0244. The molecule has 0 aliphatic heterocycles. The average molecular weight is 179 g/mol. The molecule has 0 fully saturated rings. The molecule has 3 N–H and O–H groups in total. The van der Waals surface area contributed by atoms with E-state index in [9.17, 15) is 4.79 Å². The van der Waals surface area contributed by atoms with Crippen molar-refractivity contribution in [1.29, 1.82) is 0 Å². The first-order valence-electron chi connectivity index (χ1n) is 4.13. The summed E-state index contributed by atoms with van der Waals surface area (Å²) in [7, 11) is 0. The van der Waals surface area contributed by atoms with Crippen LogP contribution in [0.4, 0.5) is 0 Å². The van der Waals surface area contributed by atoms with Gasteiger partial charge in [-0.2, -0.15) is 0 Å². The van der Waals surface area contributed by atoms with Gasteiger partial charge in [-0.1, -0.05) is 29.8 Å². The van der Waals surface area contributed by atoms with Crippen LogP contribution in [0.15, 0.2) is 24.3 Å². The Morgan fingerprint density at radius 1 is 1.62 bits per heavy atom. The van der Waals surface area contributed by atoms with E-state index in [4.69, 9.17) is 10.8 Å². The summed E-state index contributed by atoms with van der Waals surface area (Å²) in [5.41, 5.74) is 7.66. The summed E-state index contributed by atoms with van der Waals surface area (Å²) in [4.78, 5) is 10.4. The molecule has 0 aromatic heterocycles. The molecule has 0 bridgehead atoms. The Morgan fingerprint density at radius 2 is 2.31 bits per heavy atom. The molecule has 1 aromatic carbocycles. The molecule has 0 saturated carbocycles. The molecule has 3 heteroatoms. The summed E-state index contributed by atoms with van der Waals surface area (Å²) >= 11 is 0. The van der Waals surface area contributed by atoms with Crippen molar-refractivity contribution < 1.29 is 9.90 Å². The fourth-order valence-corrected chi connectivity index (χ4v) is 1.21. The number of carbonyl (C=O) groups is 1. The van der Waals surface area contributed by atoms with Crippen LogP contribution in [0.25, 0.3) is 0 Å². The van der Waals surface area contributed by atoms with Crippen LogP contribution in [-0.2, 0) is 4.79 Å². The van der Waals surface area contributed by atoms with Crippen molar-refractivity contribution in [3.8, 4) is 0 Å². The van der Waals surface area contributed by atoms with Crippen LogP contribution in [0, 0.1) is 6.92 Å². The standard InChI is InChI=1S/C10H13NO2/c1-7-3-2-4-8(5-7)9(11)6-10(12)13/h2-5,9H,6,11H2,1H3,(H,12,13). The molecular weight excluding hydrogens is 166 g/mol. The number of hydrogen-bond donors (Lipinski definition) is 2. The lowest BCUT2D eigenvalue weighted by molar-refractivity contribution is -0.137. The Labute approximate surface area is 77.2 Å². The summed E-state index contributed by atoms with van der Waals surface area (Å²) in [6, 6.07) is 7.19. The van der Waals surface area contributed by atoms with E-state index >= 15 is 0 Å². The third-order valence-corrected chi connectivity index (χ3v) is 1.86. The van der Waals surface area contributed by atoms with Gasteiger partial charge < -0.3 is 10.8 Å². The lowest BCUT2D eigenvalue weighted by Crippen LogP contribution is -2.14. The number of aliphatic carboxylic acids is 1. The highest BCUT2D eigenvalue weighted by Crippen LogP contribution is 2.14. The minimum atomic E-state index is -0.867. The average Bonchev–Trinajstić information content (AvgIpc) is 2.03. The van der Waals surface area contributed by atoms with Gasteiger partial charge in [0.1, 0.15) is 0 Å². The van der Waals surface area contributed by atoms with Gasteiger partial charge in [0.2, 0.25) is 0 Å². The van der Waals surface area contributed by atoms with Gasteiger partial charge in [-0.15, -0.1) is 0 Å². The highest BCUT2D eigenvalue weighted by atomic mass is 16.4. The van der Waals surface area contributed by atoms with E-state index in [1.165, 1.54) is 0 Å². The van der Waals surface area contributed by atoms with Crippen LogP contribution < -0.4 is 5.73 Å². The van der Waals surface area contributed by atoms with Crippen molar-refractivity contribution in [2.75, 3.05) is 0 Å². The Kier molecular flexibility index (Phi) is 3.03. The Bertz CT molecular complexity index is 310. The topological polar surface area (TPSA) is 63.3 Å². The molecule has 0 amide bonds. The minimum Gasteiger partial charge on any atom is -0.481 e. The van der Waals surface area contributed by atoms with Crippen molar-refractivity contribution in [2.45, 2.75) is 19.4 Å². The van der Waals surface area contributed by atoms with Gasteiger partial charge in [0, 0.05) is 6.04 Å². The van der Waals surface area contributed by atoms with Crippen molar-refractivity contribution in [3.63, 3.8) is 0 Å². The van der Waals surface area contributed by atoms with Crippen molar-refractivity contribution in [1.82, 2.24) is 0 Å². The maximum Gasteiger partial charge on any atom is 0.305 e. The second-order valence-corrected chi connectivity index (χ2v) is 3.12. The van der Waals surface area contributed by atoms with E-state index in [1.54, 1.807) is 0 Å². The summed E-state index contributed by atoms with van der Waals surface area (Å²) in [6.45, 7) is 1.96. The zero-order valence-corrected chi connectivity index (χ0v) is 7.53. The lowest BCUT2D eigenvalue weighted by atomic mass is 10.0. The third kappa shape index (κ3) is 2.87. The first-order valence-corrected chi connectivity index (χ1v) is 4.13. The molecule has 3 nitrogen and oxygen atoms in total. The molecule has 0 aliphatic carbocycles. The summed E-state index contributed by atoms with van der Waals surface area (Å²) in [5.74, 6) is -0.867. The lowest BCUT2D eigenvalue weighted by Gasteiger charge is -2.09. The van der Waals surface area contributed by atoms with Crippen LogP contribution in [0.5, 0.6) is 0 Å². The number of hydrogen-bond acceptors (Lipinski definition) is 2. The van der Waals surface area contributed by atoms with E-state index in [-0.39, 0.29) is 6.42 Å². The monoisotopic (exact) mass is 179 g/mol. The van der Waals surface area contributed by atoms with Gasteiger partial charge in [-0.25, -0.2) is 0 Å². The maximum atomic E-state index is 10.4. The summed E-state index contributed by atoms with van der Waals surface area (Å²) in [5, 5.41) is 8.53. The number of benzene rings is 1. The molecule has 1 atom stereocenters.